The summed E-state index contributed by atoms with van der Waals surface area (Å²) in [7, 11) is 0. The van der Waals surface area contributed by atoms with Crippen LogP contribution < -0.4 is 5.32 Å². The molecule has 3 aromatic heterocycles. The van der Waals surface area contributed by atoms with Gasteiger partial charge in [0.2, 0.25) is 0 Å². The molecule has 0 unspecified atom stereocenters. The molecular formula is C15H11N5O. The molecule has 0 bridgehead atoms. The maximum absolute atomic E-state index is 12.4. The first kappa shape index (κ1) is 11.7. The van der Waals surface area contributed by atoms with Crippen molar-refractivity contribution in [3.8, 4) is 0 Å². The minimum absolute atomic E-state index is 0.186. The summed E-state index contributed by atoms with van der Waals surface area (Å²) in [6, 6.07) is 9.18. The van der Waals surface area contributed by atoms with Crippen molar-refractivity contribution in [1.29, 1.82) is 0 Å². The van der Waals surface area contributed by atoms with Crippen LogP contribution in [-0.2, 0) is 0 Å². The highest BCUT2D eigenvalue weighted by Gasteiger charge is 2.11. The van der Waals surface area contributed by atoms with Crippen molar-refractivity contribution in [3.05, 3.63) is 60.7 Å². The van der Waals surface area contributed by atoms with E-state index in [1.54, 1.807) is 18.5 Å². The SMILES string of the molecule is O=C(Nc1ccc2[nH]ncc2c1)c1cccn2ccnc12. The summed E-state index contributed by atoms with van der Waals surface area (Å²) in [5.74, 6) is -0.186. The Bertz CT molecular complexity index is 953. The molecule has 21 heavy (non-hydrogen) atoms. The number of carbonyl (C=O) groups excluding carboxylic acids is 1. The van der Waals surface area contributed by atoms with E-state index in [1.165, 1.54) is 0 Å². The third-order valence-corrected chi connectivity index (χ3v) is 3.36. The molecule has 1 amide bonds. The van der Waals surface area contributed by atoms with Gasteiger partial charge in [0.1, 0.15) is 5.65 Å². The molecule has 4 aromatic rings. The van der Waals surface area contributed by atoms with Gasteiger partial charge in [-0.05, 0) is 30.3 Å². The van der Waals surface area contributed by atoms with E-state index in [4.69, 9.17) is 0 Å². The van der Waals surface area contributed by atoms with E-state index in [2.05, 4.69) is 20.5 Å². The Balaban J connectivity index is 1.70. The monoisotopic (exact) mass is 277 g/mol. The number of aromatic nitrogens is 4. The Hall–Kier alpha value is -3.15. The van der Waals surface area contributed by atoms with Crippen molar-refractivity contribution in [2.75, 3.05) is 5.32 Å². The summed E-state index contributed by atoms with van der Waals surface area (Å²) in [6.07, 6.45) is 7.06. The smallest absolute Gasteiger partial charge is 0.259 e. The van der Waals surface area contributed by atoms with Crippen LogP contribution in [0.5, 0.6) is 0 Å². The summed E-state index contributed by atoms with van der Waals surface area (Å²) in [4.78, 5) is 16.6. The summed E-state index contributed by atoms with van der Waals surface area (Å²) < 4.78 is 1.81. The Morgan fingerprint density at radius 1 is 1.24 bits per heavy atom. The van der Waals surface area contributed by atoms with E-state index < -0.39 is 0 Å². The fourth-order valence-electron chi connectivity index (χ4n) is 2.34. The molecule has 1 aromatic carbocycles. The first-order valence-electron chi connectivity index (χ1n) is 6.47. The number of anilines is 1. The average molecular weight is 277 g/mol. The molecule has 0 aliphatic rings. The lowest BCUT2D eigenvalue weighted by Crippen LogP contribution is -2.13. The molecule has 0 atom stereocenters. The summed E-state index contributed by atoms with van der Waals surface area (Å²) in [6.45, 7) is 0. The van der Waals surface area contributed by atoms with Crippen molar-refractivity contribution < 1.29 is 4.79 Å². The van der Waals surface area contributed by atoms with E-state index >= 15 is 0 Å². The van der Waals surface area contributed by atoms with Gasteiger partial charge in [-0.15, -0.1) is 0 Å². The van der Waals surface area contributed by atoms with Crippen LogP contribution in [0.25, 0.3) is 16.6 Å². The third-order valence-electron chi connectivity index (χ3n) is 3.36. The normalized spacial score (nSPS) is 11.0. The highest BCUT2D eigenvalue weighted by Crippen LogP contribution is 2.18. The minimum Gasteiger partial charge on any atom is -0.322 e. The number of nitrogens with zero attached hydrogens (tertiary/aromatic N) is 3. The minimum atomic E-state index is -0.186. The summed E-state index contributed by atoms with van der Waals surface area (Å²) >= 11 is 0. The zero-order valence-electron chi connectivity index (χ0n) is 10.9. The van der Waals surface area contributed by atoms with Crippen molar-refractivity contribution >= 4 is 28.1 Å². The number of pyridine rings is 1. The van der Waals surface area contributed by atoms with Crippen molar-refractivity contribution in [3.63, 3.8) is 0 Å². The van der Waals surface area contributed by atoms with Gasteiger partial charge in [-0.1, -0.05) is 0 Å². The first-order chi connectivity index (χ1) is 10.3. The second-order valence-electron chi connectivity index (χ2n) is 4.71. The number of hydrogen-bond donors (Lipinski definition) is 2. The molecule has 102 valence electrons. The Labute approximate surface area is 119 Å². The largest absolute Gasteiger partial charge is 0.322 e. The van der Waals surface area contributed by atoms with Gasteiger partial charge in [0, 0.05) is 29.7 Å². The van der Waals surface area contributed by atoms with Crippen LogP contribution in [0.3, 0.4) is 0 Å². The number of benzene rings is 1. The number of nitrogens with one attached hydrogen (secondary N) is 2. The summed E-state index contributed by atoms with van der Waals surface area (Å²) in [5, 5.41) is 10.7. The van der Waals surface area contributed by atoms with Gasteiger partial charge < -0.3 is 9.72 Å². The standard InChI is InChI=1S/C15H11N5O/c21-15(12-2-1-6-20-7-5-16-14(12)20)18-11-3-4-13-10(8-11)9-17-19-13/h1-9H,(H,17,19)(H,18,21). The van der Waals surface area contributed by atoms with E-state index in [0.717, 1.165) is 16.6 Å². The Morgan fingerprint density at radius 3 is 3.14 bits per heavy atom. The molecule has 0 aliphatic carbocycles. The number of amides is 1. The molecule has 6 heteroatoms. The number of aromatic amines is 1. The number of imidazole rings is 1. The van der Waals surface area contributed by atoms with Crippen molar-refractivity contribution in [1.82, 2.24) is 19.6 Å². The topological polar surface area (TPSA) is 75.1 Å². The van der Waals surface area contributed by atoms with Gasteiger partial charge in [0.25, 0.3) is 5.91 Å². The van der Waals surface area contributed by atoms with Crippen LogP contribution in [0.1, 0.15) is 10.4 Å². The van der Waals surface area contributed by atoms with Gasteiger partial charge in [-0.3, -0.25) is 9.89 Å². The van der Waals surface area contributed by atoms with Crippen LogP contribution in [0.15, 0.2) is 55.1 Å². The van der Waals surface area contributed by atoms with E-state index in [9.17, 15) is 4.79 Å². The van der Waals surface area contributed by atoms with Crippen molar-refractivity contribution in [2.45, 2.75) is 0 Å². The molecule has 3 heterocycles. The van der Waals surface area contributed by atoms with E-state index in [1.807, 2.05) is 41.1 Å². The highest BCUT2D eigenvalue weighted by molar-refractivity contribution is 6.08. The average Bonchev–Trinajstić information content (AvgIpc) is 3.14. The second-order valence-corrected chi connectivity index (χ2v) is 4.71. The number of carbonyl (C=O) groups is 1. The van der Waals surface area contributed by atoms with Crippen LogP contribution in [0.2, 0.25) is 0 Å². The predicted octanol–water partition coefficient (Wildman–Crippen LogP) is 2.46. The van der Waals surface area contributed by atoms with E-state index in [-0.39, 0.29) is 5.91 Å². The number of rotatable bonds is 2. The molecule has 2 N–H and O–H groups in total. The molecule has 0 saturated heterocycles. The first-order valence-corrected chi connectivity index (χ1v) is 6.47. The zero-order chi connectivity index (χ0) is 14.2. The third kappa shape index (κ3) is 1.93. The maximum Gasteiger partial charge on any atom is 0.259 e. The lowest BCUT2D eigenvalue weighted by Gasteiger charge is -2.06. The molecule has 6 nitrogen and oxygen atoms in total. The number of hydrogen-bond acceptors (Lipinski definition) is 3. The van der Waals surface area contributed by atoms with E-state index in [0.29, 0.717) is 11.2 Å². The van der Waals surface area contributed by atoms with Gasteiger partial charge >= 0.3 is 0 Å². The van der Waals surface area contributed by atoms with Gasteiger partial charge in [-0.25, -0.2) is 4.98 Å². The maximum atomic E-state index is 12.4. The van der Waals surface area contributed by atoms with Gasteiger partial charge in [0.15, 0.2) is 0 Å². The molecule has 0 radical (unpaired) electrons. The van der Waals surface area contributed by atoms with Crippen LogP contribution in [0.4, 0.5) is 5.69 Å². The number of H-pyrrole nitrogens is 1. The molecule has 0 aliphatic heterocycles. The molecule has 0 fully saturated rings. The lowest BCUT2D eigenvalue weighted by molar-refractivity contribution is 0.102. The predicted molar refractivity (Wildman–Crippen MR) is 79.2 cm³/mol. The van der Waals surface area contributed by atoms with Gasteiger partial charge in [0.05, 0.1) is 17.3 Å². The van der Waals surface area contributed by atoms with Crippen LogP contribution >= 0.6 is 0 Å². The molecule has 4 rings (SSSR count). The Kier molecular flexibility index (Phi) is 2.47. The van der Waals surface area contributed by atoms with Crippen LogP contribution in [0, 0.1) is 0 Å². The second kappa shape index (κ2) is 4.45. The Morgan fingerprint density at radius 2 is 2.19 bits per heavy atom. The molecule has 0 spiro atoms. The summed E-state index contributed by atoms with van der Waals surface area (Å²) in [5.41, 5.74) is 2.83. The molecular weight excluding hydrogens is 266 g/mol. The fraction of sp³-hybridized carbons (Fsp3) is 0. The quantitative estimate of drug-likeness (QED) is 0.591. The number of fused-ring (bicyclic) bond motifs is 2. The van der Waals surface area contributed by atoms with Crippen LogP contribution in [-0.4, -0.2) is 25.5 Å². The van der Waals surface area contributed by atoms with Gasteiger partial charge in [-0.2, -0.15) is 5.10 Å². The zero-order valence-corrected chi connectivity index (χ0v) is 10.9. The fourth-order valence-corrected chi connectivity index (χ4v) is 2.34. The highest BCUT2D eigenvalue weighted by atomic mass is 16.1. The van der Waals surface area contributed by atoms with Crippen molar-refractivity contribution in [2.24, 2.45) is 0 Å². The lowest BCUT2D eigenvalue weighted by atomic mass is 10.2. The molecule has 0 saturated carbocycles.